The molecule has 2 rings (SSSR count). The van der Waals surface area contributed by atoms with E-state index in [1.54, 1.807) is 7.11 Å². The van der Waals surface area contributed by atoms with E-state index in [2.05, 4.69) is 25.9 Å². The molecule has 0 aromatic carbocycles. The molecule has 0 spiro atoms. The Labute approximate surface area is 116 Å². The monoisotopic (exact) mass is 271 g/mol. The summed E-state index contributed by atoms with van der Waals surface area (Å²) in [6.45, 7) is 6.35. The van der Waals surface area contributed by atoms with E-state index in [1.807, 2.05) is 10.7 Å². The van der Waals surface area contributed by atoms with Crippen LogP contribution in [0.3, 0.4) is 0 Å². The summed E-state index contributed by atoms with van der Waals surface area (Å²) < 4.78 is 7.32. The van der Waals surface area contributed by atoms with Crippen molar-refractivity contribution in [2.45, 2.75) is 57.6 Å². The van der Waals surface area contributed by atoms with E-state index < -0.39 is 0 Å². The van der Waals surface area contributed by atoms with Gasteiger partial charge in [-0.3, -0.25) is 0 Å². The fraction of sp³-hybridized carbons (Fsp3) is 0.769. The van der Waals surface area contributed by atoms with Gasteiger partial charge >= 0.3 is 0 Å². The predicted octanol–water partition coefficient (Wildman–Crippen LogP) is 2.62. The number of rotatable bonds is 2. The molecule has 0 aliphatic heterocycles. The Kier molecular flexibility index (Phi) is 4.72. The van der Waals surface area contributed by atoms with Gasteiger partial charge in [0.2, 0.25) is 0 Å². The van der Waals surface area contributed by atoms with Gasteiger partial charge in [-0.05, 0) is 40.0 Å². The minimum absolute atomic E-state index is 0. The molecule has 2 N–H and O–H groups in total. The first kappa shape index (κ1) is 15.4. The number of anilines is 1. The summed E-state index contributed by atoms with van der Waals surface area (Å²) in [4.78, 5) is 0. The van der Waals surface area contributed by atoms with Crippen LogP contribution in [-0.4, -0.2) is 23.0 Å². The summed E-state index contributed by atoms with van der Waals surface area (Å²) in [5, 5.41) is 4.67. The van der Waals surface area contributed by atoms with E-state index in [1.165, 1.54) is 0 Å². The van der Waals surface area contributed by atoms with Gasteiger partial charge in [0, 0.05) is 19.1 Å². The van der Waals surface area contributed by atoms with Gasteiger partial charge in [0.25, 0.3) is 0 Å². The standard InChI is InChI=1S/C13H23N3O.H2S/c1-13(2,3)16-12(14)8-11(15-16)9-5-6-10(7-9)17-4;/h8-10H,5-7,14H2,1-4H3;1H2. The smallest absolute Gasteiger partial charge is 0.122 e. The van der Waals surface area contributed by atoms with Crippen LogP contribution in [0.15, 0.2) is 6.07 Å². The first-order valence-electron chi connectivity index (χ1n) is 6.30. The number of nitrogens with two attached hydrogens (primary N) is 1. The van der Waals surface area contributed by atoms with Crippen LogP contribution in [0.1, 0.15) is 51.6 Å². The molecule has 1 aliphatic rings. The molecule has 1 fully saturated rings. The molecule has 104 valence electrons. The van der Waals surface area contributed by atoms with Crippen LogP contribution in [0, 0.1) is 0 Å². The summed E-state index contributed by atoms with van der Waals surface area (Å²) >= 11 is 0. The van der Waals surface area contributed by atoms with Gasteiger partial charge in [0.05, 0.1) is 17.3 Å². The second-order valence-electron chi connectivity index (χ2n) is 5.94. The Balaban J connectivity index is 0.00000162. The normalized spacial score (nSPS) is 24.0. The van der Waals surface area contributed by atoms with Crippen LogP contribution < -0.4 is 5.73 Å². The van der Waals surface area contributed by atoms with Crippen molar-refractivity contribution in [3.8, 4) is 0 Å². The Bertz CT molecular complexity index is 397. The summed E-state index contributed by atoms with van der Waals surface area (Å²) in [6.07, 6.45) is 3.74. The first-order chi connectivity index (χ1) is 7.91. The largest absolute Gasteiger partial charge is 0.384 e. The van der Waals surface area contributed by atoms with Crippen LogP contribution in [0.2, 0.25) is 0 Å². The zero-order valence-electron chi connectivity index (χ0n) is 11.7. The number of hydrogen-bond acceptors (Lipinski definition) is 3. The third-order valence-corrected chi connectivity index (χ3v) is 3.53. The van der Waals surface area contributed by atoms with Crippen molar-refractivity contribution in [1.82, 2.24) is 9.78 Å². The van der Waals surface area contributed by atoms with Crippen LogP contribution >= 0.6 is 13.5 Å². The van der Waals surface area contributed by atoms with Gasteiger partial charge < -0.3 is 10.5 Å². The molecule has 1 heterocycles. The molecule has 2 unspecified atom stereocenters. The topological polar surface area (TPSA) is 53.1 Å². The average molecular weight is 271 g/mol. The molecule has 4 nitrogen and oxygen atoms in total. The maximum atomic E-state index is 6.03. The summed E-state index contributed by atoms with van der Waals surface area (Å²) in [5.74, 6) is 1.26. The highest BCUT2D eigenvalue weighted by Gasteiger charge is 2.29. The number of hydrogen-bond donors (Lipinski definition) is 1. The lowest BCUT2D eigenvalue weighted by molar-refractivity contribution is 0.108. The Hall–Kier alpha value is -0.680. The van der Waals surface area contributed by atoms with E-state index in [9.17, 15) is 0 Å². The number of nitrogens with zero attached hydrogens (tertiary/aromatic N) is 2. The molecular formula is C13H25N3OS. The highest BCUT2D eigenvalue weighted by atomic mass is 32.1. The molecular weight excluding hydrogens is 246 g/mol. The molecule has 0 radical (unpaired) electrons. The van der Waals surface area contributed by atoms with Crippen molar-refractivity contribution in [3.05, 3.63) is 11.8 Å². The Morgan fingerprint density at radius 3 is 2.50 bits per heavy atom. The van der Waals surface area contributed by atoms with Gasteiger partial charge in [-0.2, -0.15) is 18.6 Å². The van der Waals surface area contributed by atoms with Gasteiger partial charge in [-0.1, -0.05) is 0 Å². The minimum atomic E-state index is -0.0540. The lowest BCUT2D eigenvalue weighted by Crippen LogP contribution is -2.24. The Morgan fingerprint density at radius 1 is 1.39 bits per heavy atom. The van der Waals surface area contributed by atoms with Gasteiger partial charge in [0.1, 0.15) is 5.82 Å². The van der Waals surface area contributed by atoms with Crippen molar-refractivity contribution in [2.24, 2.45) is 0 Å². The highest BCUT2D eigenvalue weighted by Crippen LogP contribution is 2.36. The zero-order chi connectivity index (χ0) is 12.6. The van der Waals surface area contributed by atoms with Crippen LogP contribution in [0.4, 0.5) is 5.82 Å². The lowest BCUT2D eigenvalue weighted by atomic mass is 10.0. The average Bonchev–Trinajstić information content (AvgIpc) is 2.81. The summed E-state index contributed by atoms with van der Waals surface area (Å²) in [6, 6.07) is 2.02. The number of methoxy groups -OCH3 is 1. The van der Waals surface area contributed by atoms with E-state index in [4.69, 9.17) is 10.5 Å². The third kappa shape index (κ3) is 3.01. The molecule has 1 aromatic rings. The number of aromatic nitrogens is 2. The maximum absolute atomic E-state index is 6.03. The van der Waals surface area contributed by atoms with Gasteiger partial charge in [-0.25, -0.2) is 4.68 Å². The van der Waals surface area contributed by atoms with E-state index >= 15 is 0 Å². The molecule has 1 aromatic heterocycles. The molecule has 1 saturated carbocycles. The lowest BCUT2D eigenvalue weighted by Gasteiger charge is -2.20. The van der Waals surface area contributed by atoms with Crippen molar-refractivity contribution in [1.29, 1.82) is 0 Å². The quantitative estimate of drug-likeness (QED) is 0.899. The summed E-state index contributed by atoms with van der Waals surface area (Å²) in [5.41, 5.74) is 7.10. The second-order valence-corrected chi connectivity index (χ2v) is 5.94. The SMILES string of the molecule is COC1CCC(c2cc(N)n(C(C)(C)C)n2)C1.S. The highest BCUT2D eigenvalue weighted by molar-refractivity contribution is 7.59. The maximum Gasteiger partial charge on any atom is 0.122 e. The van der Waals surface area contributed by atoms with Crippen molar-refractivity contribution in [2.75, 3.05) is 12.8 Å². The molecule has 0 saturated heterocycles. The van der Waals surface area contributed by atoms with E-state index in [0.717, 1.165) is 30.8 Å². The minimum Gasteiger partial charge on any atom is -0.384 e. The van der Waals surface area contributed by atoms with Gasteiger partial charge in [0.15, 0.2) is 0 Å². The summed E-state index contributed by atoms with van der Waals surface area (Å²) in [7, 11) is 1.79. The molecule has 0 bridgehead atoms. The molecule has 18 heavy (non-hydrogen) atoms. The fourth-order valence-corrected chi connectivity index (χ4v) is 2.57. The third-order valence-electron chi connectivity index (χ3n) is 3.53. The molecule has 1 aliphatic carbocycles. The molecule has 0 amide bonds. The fourth-order valence-electron chi connectivity index (χ4n) is 2.57. The van der Waals surface area contributed by atoms with E-state index in [-0.39, 0.29) is 19.0 Å². The Morgan fingerprint density at radius 2 is 2.06 bits per heavy atom. The van der Waals surface area contributed by atoms with Crippen molar-refractivity contribution in [3.63, 3.8) is 0 Å². The number of nitrogen functional groups attached to an aromatic ring is 1. The van der Waals surface area contributed by atoms with Crippen LogP contribution in [0.5, 0.6) is 0 Å². The predicted molar refractivity (Wildman–Crippen MR) is 79.4 cm³/mol. The van der Waals surface area contributed by atoms with Gasteiger partial charge in [-0.15, -0.1) is 0 Å². The first-order valence-corrected chi connectivity index (χ1v) is 6.30. The number of ether oxygens (including phenoxy) is 1. The van der Waals surface area contributed by atoms with Crippen LogP contribution in [0.25, 0.3) is 0 Å². The zero-order valence-corrected chi connectivity index (χ0v) is 12.7. The van der Waals surface area contributed by atoms with E-state index in [0.29, 0.717) is 12.0 Å². The molecule has 5 heteroatoms. The second kappa shape index (κ2) is 5.53. The van der Waals surface area contributed by atoms with Crippen molar-refractivity contribution >= 4 is 19.3 Å². The molecule has 2 atom stereocenters. The van der Waals surface area contributed by atoms with Crippen LogP contribution in [-0.2, 0) is 10.3 Å². The van der Waals surface area contributed by atoms with Crippen molar-refractivity contribution < 1.29 is 4.74 Å².